The molecule has 0 aliphatic carbocycles. The lowest BCUT2D eigenvalue weighted by molar-refractivity contribution is 0.0635. The Kier molecular flexibility index (Phi) is 8.29. The van der Waals surface area contributed by atoms with Crippen molar-refractivity contribution in [2.75, 3.05) is 43.1 Å². The molecular formula is C29H33N5O3S. The number of ether oxygens (including phenoxy) is 1. The van der Waals surface area contributed by atoms with Crippen LogP contribution in [0.15, 0.2) is 66.2 Å². The third-order valence-electron chi connectivity index (χ3n) is 5.54. The molecule has 0 saturated heterocycles. The van der Waals surface area contributed by atoms with Gasteiger partial charge in [0.1, 0.15) is 5.60 Å². The minimum absolute atomic E-state index is 0.330. The number of nitrogens with one attached hydrogen (secondary N) is 3. The van der Waals surface area contributed by atoms with Crippen LogP contribution in [0.4, 0.5) is 21.9 Å². The number of hydrogen-bond acceptors (Lipinski definition) is 7. The van der Waals surface area contributed by atoms with E-state index in [0.29, 0.717) is 16.9 Å². The molecule has 4 aromatic rings. The zero-order chi connectivity index (χ0) is 27.3. The van der Waals surface area contributed by atoms with Gasteiger partial charge < -0.3 is 20.3 Å². The molecule has 0 saturated carbocycles. The maximum absolute atomic E-state index is 13.3. The number of benzene rings is 2. The highest BCUT2D eigenvalue weighted by molar-refractivity contribution is 7.13. The Bertz CT molecular complexity index is 1430. The fourth-order valence-electron chi connectivity index (χ4n) is 3.74. The molecule has 8 nitrogen and oxygen atoms in total. The molecule has 0 atom stereocenters. The molecule has 0 aliphatic heterocycles. The molecular weight excluding hydrogens is 498 g/mol. The number of likely N-dealkylation sites (N-methyl/N-ethyl adjacent to an activating group) is 1. The predicted molar refractivity (Wildman–Crippen MR) is 156 cm³/mol. The van der Waals surface area contributed by atoms with Gasteiger partial charge in [0.05, 0.1) is 22.5 Å². The summed E-state index contributed by atoms with van der Waals surface area (Å²) in [6.07, 6.45) is 0.963. The zero-order valence-corrected chi connectivity index (χ0v) is 23.1. The lowest BCUT2D eigenvalue weighted by Gasteiger charge is -2.21. The van der Waals surface area contributed by atoms with Gasteiger partial charge >= 0.3 is 6.09 Å². The highest BCUT2D eigenvalue weighted by Gasteiger charge is 2.19. The molecule has 0 aliphatic rings. The average molecular weight is 532 g/mol. The van der Waals surface area contributed by atoms with Crippen molar-refractivity contribution < 1.29 is 14.3 Å². The van der Waals surface area contributed by atoms with E-state index in [0.717, 1.165) is 40.1 Å². The topological polar surface area (TPSA) is 95.6 Å². The van der Waals surface area contributed by atoms with Gasteiger partial charge in [-0.25, -0.2) is 4.79 Å². The number of hydrogen-bond donors (Lipinski definition) is 3. The molecule has 2 aromatic carbocycles. The Labute approximate surface area is 227 Å². The second-order valence-corrected chi connectivity index (χ2v) is 11.1. The van der Waals surface area contributed by atoms with Gasteiger partial charge in [-0.15, -0.1) is 11.3 Å². The van der Waals surface area contributed by atoms with Gasteiger partial charge in [0.25, 0.3) is 5.91 Å². The Morgan fingerprint density at radius 2 is 1.82 bits per heavy atom. The Hall–Kier alpha value is -3.95. The number of aromatic nitrogens is 1. The first kappa shape index (κ1) is 27.1. The lowest BCUT2D eigenvalue weighted by Crippen LogP contribution is -2.27. The fourth-order valence-corrected chi connectivity index (χ4v) is 4.46. The molecule has 2 aromatic heterocycles. The highest BCUT2D eigenvalue weighted by atomic mass is 32.1. The first-order chi connectivity index (χ1) is 18.1. The van der Waals surface area contributed by atoms with Gasteiger partial charge in [0.2, 0.25) is 0 Å². The Morgan fingerprint density at radius 3 is 2.53 bits per heavy atom. The van der Waals surface area contributed by atoms with Crippen molar-refractivity contribution in [3.8, 4) is 10.4 Å². The normalized spacial score (nSPS) is 11.4. The number of fused-ring (bicyclic) bond motifs is 1. The van der Waals surface area contributed by atoms with E-state index < -0.39 is 11.7 Å². The number of amides is 2. The van der Waals surface area contributed by atoms with Crippen molar-refractivity contribution >= 4 is 51.3 Å². The van der Waals surface area contributed by atoms with Crippen molar-refractivity contribution in [1.82, 2.24) is 9.88 Å². The smallest absolute Gasteiger partial charge is 0.412 e. The highest BCUT2D eigenvalue weighted by Crippen LogP contribution is 2.32. The van der Waals surface area contributed by atoms with E-state index in [1.165, 1.54) is 0 Å². The van der Waals surface area contributed by atoms with Crippen molar-refractivity contribution in [3.63, 3.8) is 0 Å². The second-order valence-electron chi connectivity index (χ2n) is 10.2. The monoisotopic (exact) mass is 531 g/mol. The summed E-state index contributed by atoms with van der Waals surface area (Å²) in [4.78, 5) is 33.4. The Balaban J connectivity index is 1.56. The number of nitrogens with zero attached hydrogens (tertiary/aromatic N) is 2. The number of carbonyl (C=O) groups is 2. The number of carbonyl (C=O) groups excluding carboxylic acids is 2. The average Bonchev–Trinajstić information content (AvgIpc) is 3.38. The van der Waals surface area contributed by atoms with Crippen LogP contribution in [0.25, 0.3) is 21.3 Å². The molecule has 38 heavy (non-hydrogen) atoms. The Morgan fingerprint density at radius 1 is 1.00 bits per heavy atom. The van der Waals surface area contributed by atoms with Crippen LogP contribution in [0.1, 0.15) is 31.1 Å². The summed E-state index contributed by atoms with van der Waals surface area (Å²) in [5.41, 5.74) is 3.37. The van der Waals surface area contributed by atoms with E-state index in [4.69, 9.17) is 4.74 Å². The maximum Gasteiger partial charge on any atom is 0.412 e. The van der Waals surface area contributed by atoms with Crippen molar-refractivity contribution in [3.05, 3.63) is 71.7 Å². The van der Waals surface area contributed by atoms with Gasteiger partial charge in [0, 0.05) is 35.2 Å². The van der Waals surface area contributed by atoms with Crippen LogP contribution >= 0.6 is 11.3 Å². The van der Waals surface area contributed by atoms with Gasteiger partial charge in [0.15, 0.2) is 0 Å². The predicted octanol–water partition coefficient (Wildman–Crippen LogP) is 6.54. The third kappa shape index (κ3) is 7.30. The largest absolute Gasteiger partial charge is 0.444 e. The van der Waals surface area contributed by atoms with E-state index in [9.17, 15) is 9.59 Å². The molecule has 0 unspecified atom stereocenters. The summed E-state index contributed by atoms with van der Waals surface area (Å²) in [5.74, 6) is -0.330. The summed E-state index contributed by atoms with van der Waals surface area (Å²) >= 11 is 1.59. The van der Waals surface area contributed by atoms with E-state index >= 15 is 0 Å². The van der Waals surface area contributed by atoms with Crippen LogP contribution in [0.3, 0.4) is 0 Å². The van der Waals surface area contributed by atoms with Crippen LogP contribution in [-0.2, 0) is 4.74 Å². The summed E-state index contributed by atoms with van der Waals surface area (Å²) in [7, 11) is 4.07. The molecule has 2 heterocycles. The first-order valence-electron chi connectivity index (χ1n) is 12.3. The zero-order valence-electron chi connectivity index (χ0n) is 22.3. The maximum atomic E-state index is 13.3. The van der Waals surface area contributed by atoms with E-state index in [1.54, 1.807) is 44.4 Å². The lowest BCUT2D eigenvalue weighted by atomic mass is 10.1. The quantitative estimate of drug-likeness (QED) is 0.239. The molecule has 0 spiro atoms. The number of rotatable bonds is 8. The van der Waals surface area contributed by atoms with Crippen LogP contribution in [0, 0.1) is 0 Å². The van der Waals surface area contributed by atoms with Gasteiger partial charge in [-0.3, -0.25) is 15.1 Å². The number of pyridine rings is 1. The molecule has 0 bridgehead atoms. The molecule has 4 rings (SSSR count). The molecule has 3 N–H and O–H groups in total. The van der Waals surface area contributed by atoms with E-state index in [2.05, 4.69) is 25.8 Å². The van der Waals surface area contributed by atoms with Crippen LogP contribution in [0.2, 0.25) is 0 Å². The molecule has 0 fully saturated rings. The first-order valence-corrected chi connectivity index (χ1v) is 13.2. The van der Waals surface area contributed by atoms with Crippen LogP contribution in [0.5, 0.6) is 0 Å². The minimum atomic E-state index is -0.650. The summed E-state index contributed by atoms with van der Waals surface area (Å²) in [5, 5.41) is 11.9. The number of anilines is 3. The third-order valence-corrected chi connectivity index (χ3v) is 6.46. The van der Waals surface area contributed by atoms with Crippen LogP contribution in [-0.4, -0.2) is 54.7 Å². The molecule has 0 radical (unpaired) electrons. The molecule has 2 amide bonds. The molecule has 198 valence electrons. The van der Waals surface area contributed by atoms with E-state index in [-0.39, 0.29) is 5.91 Å². The molecule has 9 heteroatoms. The van der Waals surface area contributed by atoms with Gasteiger partial charge in [-0.1, -0.05) is 18.2 Å². The standard InChI is InChI=1S/C29H33N5O3S/c1-29(2,3)37-28(36)33-23-11-9-20(26-7-6-14-38-26)16-25(23)32-27(35)21-15-19-8-10-22(17-24(19)31-18-21)30-12-13-34(4)5/h6-11,14-18,30H,12-13H2,1-5H3,(H,32,35)(H,33,36). The van der Waals surface area contributed by atoms with Crippen molar-refractivity contribution in [2.45, 2.75) is 26.4 Å². The van der Waals surface area contributed by atoms with Crippen LogP contribution < -0.4 is 16.0 Å². The van der Waals surface area contributed by atoms with Crippen molar-refractivity contribution in [2.24, 2.45) is 0 Å². The van der Waals surface area contributed by atoms with Gasteiger partial charge in [-0.2, -0.15) is 0 Å². The second kappa shape index (κ2) is 11.6. The van der Waals surface area contributed by atoms with Gasteiger partial charge in [-0.05, 0) is 82.2 Å². The van der Waals surface area contributed by atoms with Crippen molar-refractivity contribution in [1.29, 1.82) is 0 Å². The summed E-state index contributed by atoms with van der Waals surface area (Å²) in [6.45, 7) is 7.13. The summed E-state index contributed by atoms with van der Waals surface area (Å²) < 4.78 is 5.40. The summed E-state index contributed by atoms with van der Waals surface area (Å²) in [6, 6.07) is 17.2. The fraction of sp³-hybridized carbons (Fsp3) is 0.276. The number of thiophene rings is 1. The SMILES string of the molecule is CN(C)CCNc1ccc2cc(C(=O)Nc3cc(-c4cccs4)ccc3NC(=O)OC(C)(C)C)cnc2c1. The van der Waals surface area contributed by atoms with E-state index in [1.807, 2.05) is 68.0 Å². The minimum Gasteiger partial charge on any atom is -0.444 e.